The molecule has 0 saturated heterocycles. The number of benzene rings is 1. The molecule has 0 aliphatic rings. The lowest BCUT2D eigenvalue weighted by Gasteiger charge is -2.01. The molecule has 0 unspecified atom stereocenters. The third-order valence-electron chi connectivity index (χ3n) is 1.54. The van der Waals surface area contributed by atoms with Gasteiger partial charge in [0, 0.05) is 13.0 Å². The van der Waals surface area contributed by atoms with E-state index in [-0.39, 0.29) is 0 Å². The van der Waals surface area contributed by atoms with E-state index in [4.69, 9.17) is 9.84 Å². The molecule has 0 aliphatic carbocycles. The third-order valence-corrected chi connectivity index (χ3v) is 1.54. The molecule has 0 fully saturated rings. The summed E-state index contributed by atoms with van der Waals surface area (Å²) >= 11 is 0. The fourth-order valence-electron chi connectivity index (χ4n) is 1.02. The summed E-state index contributed by atoms with van der Waals surface area (Å²) in [5.41, 5.74) is 0.663. The molecule has 1 rings (SSSR count). The third kappa shape index (κ3) is 4.08. The van der Waals surface area contributed by atoms with Gasteiger partial charge in [0.05, 0.1) is 0 Å². The molecular weight excluding hydrogens is 196 g/mol. The van der Waals surface area contributed by atoms with Gasteiger partial charge in [0.2, 0.25) is 0 Å². The molecule has 0 aliphatic heterocycles. The SMILES string of the molecule is CC(=O)Oc1cccc(/C=C/C(=O)O)c1. The minimum atomic E-state index is -1.02. The van der Waals surface area contributed by atoms with Crippen LogP contribution in [0.25, 0.3) is 6.08 Å². The molecule has 0 heterocycles. The van der Waals surface area contributed by atoms with E-state index in [1.54, 1.807) is 24.3 Å². The lowest BCUT2D eigenvalue weighted by Crippen LogP contribution is -2.01. The predicted octanol–water partition coefficient (Wildman–Crippen LogP) is 1.71. The summed E-state index contributed by atoms with van der Waals surface area (Å²) in [5.74, 6) is -1.03. The van der Waals surface area contributed by atoms with Gasteiger partial charge in [-0.15, -0.1) is 0 Å². The Hall–Kier alpha value is -2.10. The van der Waals surface area contributed by atoms with E-state index in [1.165, 1.54) is 13.0 Å². The summed E-state index contributed by atoms with van der Waals surface area (Å²) in [7, 11) is 0. The van der Waals surface area contributed by atoms with Gasteiger partial charge < -0.3 is 9.84 Å². The van der Waals surface area contributed by atoms with Gasteiger partial charge in [0.25, 0.3) is 0 Å². The lowest BCUT2D eigenvalue weighted by atomic mass is 10.2. The van der Waals surface area contributed by atoms with Gasteiger partial charge in [-0.2, -0.15) is 0 Å². The van der Waals surface area contributed by atoms with E-state index < -0.39 is 11.9 Å². The van der Waals surface area contributed by atoms with Crippen molar-refractivity contribution in [1.82, 2.24) is 0 Å². The smallest absolute Gasteiger partial charge is 0.328 e. The van der Waals surface area contributed by atoms with E-state index in [0.29, 0.717) is 11.3 Å². The zero-order valence-corrected chi connectivity index (χ0v) is 8.14. The van der Waals surface area contributed by atoms with Gasteiger partial charge in [-0.25, -0.2) is 4.79 Å². The molecule has 0 atom stereocenters. The molecule has 1 aromatic rings. The molecule has 4 nitrogen and oxygen atoms in total. The Morgan fingerprint density at radius 2 is 2.13 bits per heavy atom. The van der Waals surface area contributed by atoms with Crippen molar-refractivity contribution in [2.75, 3.05) is 0 Å². The average molecular weight is 206 g/mol. The first kappa shape index (κ1) is 11.0. The quantitative estimate of drug-likeness (QED) is 0.464. The molecule has 0 radical (unpaired) electrons. The first-order valence-electron chi connectivity index (χ1n) is 4.27. The second-order valence-electron chi connectivity index (χ2n) is 2.84. The largest absolute Gasteiger partial charge is 0.478 e. The number of ether oxygens (including phenoxy) is 1. The van der Waals surface area contributed by atoms with E-state index in [0.717, 1.165) is 6.08 Å². The van der Waals surface area contributed by atoms with E-state index in [1.807, 2.05) is 0 Å². The summed E-state index contributed by atoms with van der Waals surface area (Å²) in [6.07, 6.45) is 2.45. The fraction of sp³-hybridized carbons (Fsp3) is 0.0909. The Morgan fingerprint density at radius 1 is 1.40 bits per heavy atom. The van der Waals surface area contributed by atoms with Crippen LogP contribution in [0.3, 0.4) is 0 Å². The number of rotatable bonds is 3. The number of esters is 1. The molecule has 0 aromatic heterocycles. The molecule has 0 bridgehead atoms. The topological polar surface area (TPSA) is 63.6 Å². The highest BCUT2D eigenvalue weighted by atomic mass is 16.5. The summed E-state index contributed by atoms with van der Waals surface area (Å²) in [5, 5.41) is 8.42. The Bertz CT molecular complexity index is 407. The Morgan fingerprint density at radius 3 is 2.73 bits per heavy atom. The van der Waals surface area contributed by atoms with E-state index in [9.17, 15) is 9.59 Å². The highest BCUT2D eigenvalue weighted by molar-refractivity contribution is 5.85. The van der Waals surface area contributed by atoms with Crippen molar-refractivity contribution in [1.29, 1.82) is 0 Å². The molecule has 4 heteroatoms. The maximum atomic E-state index is 10.7. The Labute approximate surface area is 86.8 Å². The molecule has 0 saturated carbocycles. The van der Waals surface area contributed by atoms with Gasteiger partial charge in [0.15, 0.2) is 0 Å². The number of hydrogen-bond donors (Lipinski definition) is 1. The Kier molecular flexibility index (Phi) is 3.62. The lowest BCUT2D eigenvalue weighted by molar-refractivity contribution is -0.132. The van der Waals surface area contributed by atoms with E-state index in [2.05, 4.69) is 0 Å². The van der Waals surface area contributed by atoms with Crippen molar-refractivity contribution >= 4 is 18.0 Å². The van der Waals surface area contributed by atoms with Crippen molar-refractivity contribution in [2.24, 2.45) is 0 Å². The van der Waals surface area contributed by atoms with Crippen LogP contribution in [0.1, 0.15) is 12.5 Å². The minimum absolute atomic E-state index is 0.398. The van der Waals surface area contributed by atoms with Crippen molar-refractivity contribution in [3.8, 4) is 5.75 Å². The fourth-order valence-corrected chi connectivity index (χ4v) is 1.02. The maximum absolute atomic E-state index is 10.7. The van der Waals surface area contributed by atoms with Gasteiger partial charge in [-0.3, -0.25) is 4.79 Å². The van der Waals surface area contributed by atoms with Crippen LogP contribution in [0, 0.1) is 0 Å². The zero-order valence-electron chi connectivity index (χ0n) is 8.14. The minimum Gasteiger partial charge on any atom is -0.478 e. The van der Waals surface area contributed by atoms with Crippen LogP contribution >= 0.6 is 0 Å². The number of hydrogen-bond acceptors (Lipinski definition) is 3. The van der Waals surface area contributed by atoms with Crippen LogP contribution in [0.2, 0.25) is 0 Å². The molecule has 1 aromatic carbocycles. The van der Waals surface area contributed by atoms with Crippen molar-refractivity contribution in [3.05, 3.63) is 35.9 Å². The van der Waals surface area contributed by atoms with Crippen LogP contribution in [0.15, 0.2) is 30.3 Å². The molecule has 1 N–H and O–H groups in total. The maximum Gasteiger partial charge on any atom is 0.328 e. The van der Waals surface area contributed by atoms with Crippen molar-refractivity contribution in [3.63, 3.8) is 0 Å². The van der Waals surface area contributed by atoms with Crippen LogP contribution in [0.4, 0.5) is 0 Å². The normalized spacial score (nSPS) is 10.2. The standard InChI is InChI=1S/C11H10O4/c1-8(12)15-10-4-2-3-9(7-10)5-6-11(13)14/h2-7H,1H3,(H,13,14)/b6-5+. The first-order valence-corrected chi connectivity index (χ1v) is 4.27. The molecule has 0 amide bonds. The second-order valence-corrected chi connectivity index (χ2v) is 2.84. The van der Waals surface area contributed by atoms with Crippen LogP contribution < -0.4 is 4.74 Å². The summed E-state index contributed by atoms with van der Waals surface area (Å²) in [6.45, 7) is 1.31. The highest BCUT2D eigenvalue weighted by Crippen LogP contribution is 2.14. The summed E-state index contributed by atoms with van der Waals surface area (Å²) < 4.78 is 4.84. The number of aliphatic carboxylic acids is 1. The van der Waals surface area contributed by atoms with Crippen LogP contribution in [0.5, 0.6) is 5.75 Å². The second kappa shape index (κ2) is 4.95. The summed E-state index contributed by atoms with van der Waals surface area (Å²) in [6, 6.07) is 6.60. The first-order chi connectivity index (χ1) is 7.08. The van der Waals surface area contributed by atoms with Gasteiger partial charge in [0.1, 0.15) is 5.75 Å². The van der Waals surface area contributed by atoms with Crippen LogP contribution in [-0.2, 0) is 9.59 Å². The highest BCUT2D eigenvalue weighted by Gasteiger charge is 1.97. The Balaban J connectivity index is 2.82. The number of carbonyl (C=O) groups excluding carboxylic acids is 1. The monoisotopic (exact) mass is 206 g/mol. The van der Waals surface area contributed by atoms with Gasteiger partial charge >= 0.3 is 11.9 Å². The van der Waals surface area contributed by atoms with Crippen molar-refractivity contribution < 1.29 is 19.4 Å². The number of carboxylic acid groups (broad SMARTS) is 1. The van der Waals surface area contributed by atoms with Crippen molar-refractivity contribution in [2.45, 2.75) is 6.92 Å². The molecule has 0 spiro atoms. The predicted molar refractivity (Wildman–Crippen MR) is 54.4 cm³/mol. The van der Waals surface area contributed by atoms with Gasteiger partial charge in [-0.1, -0.05) is 12.1 Å². The molecule has 78 valence electrons. The zero-order chi connectivity index (χ0) is 11.3. The molecule has 15 heavy (non-hydrogen) atoms. The summed E-state index contributed by atoms with van der Waals surface area (Å²) in [4.78, 5) is 20.9. The number of carboxylic acids is 1. The van der Waals surface area contributed by atoms with Gasteiger partial charge in [-0.05, 0) is 23.8 Å². The molecular formula is C11H10O4. The number of carbonyl (C=O) groups is 2. The van der Waals surface area contributed by atoms with Crippen LogP contribution in [-0.4, -0.2) is 17.0 Å². The van der Waals surface area contributed by atoms with E-state index >= 15 is 0 Å². The average Bonchev–Trinajstić information content (AvgIpc) is 2.14.